The average molecular weight is 599 g/mol. The zero-order valence-electron chi connectivity index (χ0n) is 20.4. The SMILES string of the molecule is CC(=O)Nc1nc(S(=O)(=O)Nc2ccc(Cl)c(N=C3NC(=O)C(=Cc4ccc5ncccc5c4)S3)c2)c(C)s1. The first-order valence-corrected chi connectivity index (χ1v) is 14.8. The van der Waals surface area contributed by atoms with Crippen LogP contribution in [0.1, 0.15) is 17.4 Å². The van der Waals surface area contributed by atoms with Gasteiger partial charge in [0.25, 0.3) is 15.9 Å². The summed E-state index contributed by atoms with van der Waals surface area (Å²) >= 11 is 8.51. The number of aromatic nitrogens is 2. The lowest BCUT2D eigenvalue weighted by Gasteiger charge is -2.08. The first-order chi connectivity index (χ1) is 18.6. The molecule has 0 spiro atoms. The quantitative estimate of drug-likeness (QED) is 0.255. The van der Waals surface area contributed by atoms with E-state index in [0.717, 1.165) is 39.6 Å². The molecule has 1 saturated heterocycles. The molecule has 2 aromatic heterocycles. The number of aryl methyl sites for hydroxylation is 1. The van der Waals surface area contributed by atoms with Crippen molar-refractivity contribution in [3.63, 3.8) is 0 Å². The zero-order valence-corrected chi connectivity index (χ0v) is 23.6. The van der Waals surface area contributed by atoms with Crippen molar-refractivity contribution in [3.8, 4) is 0 Å². The van der Waals surface area contributed by atoms with E-state index < -0.39 is 10.0 Å². The van der Waals surface area contributed by atoms with Gasteiger partial charge in [-0.2, -0.15) is 8.42 Å². The van der Waals surface area contributed by atoms with Gasteiger partial charge in [-0.25, -0.2) is 9.98 Å². The van der Waals surface area contributed by atoms with E-state index in [1.54, 1.807) is 19.2 Å². The molecule has 198 valence electrons. The van der Waals surface area contributed by atoms with Crippen LogP contribution in [0.3, 0.4) is 0 Å². The van der Waals surface area contributed by atoms with Gasteiger partial charge in [0.1, 0.15) is 0 Å². The Bertz CT molecular complexity index is 1820. The number of aliphatic imine (C=N–C) groups is 1. The third-order valence-electron chi connectivity index (χ3n) is 5.29. The Morgan fingerprint density at radius 1 is 1.18 bits per heavy atom. The number of fused-ring (bicyclic) bond motifs is 1. The highest BCUT2D eigenvalue weighted by molar-refractivity contribution is 8.18. The summed E-state index contributed by atoms with van der Waals surface area (Å²) in [7, 11) is -4.07. The second kappa shape index (κ2) is 10.8. The lowest BCUT2D eigenvalue weighted by Crippen LogP contribution is -2.19. The van der Waals surface area contributed by atoms with Crippen molar-refractivity contribution in [1.29, 1.82) is 0 Å². The summed E-state index contributed by atoms with van der Waals surface area (Å²) in [5.41, 5.74) is 2.14. The summed E-state index contributed by atoms with van der Waals surface area (Å²) in [5, 5.41) is 6.69. The number of pyridine rings is 1. The third-order valence-corrected chi connectivity index (χ3v) is 8.94. The van der Waals surface area contributed by atoms with Crippen LogP contribution in [0, 0.1) is 6.92 Å². The van der Waals surface area contributed by atoms with E-state index in [-0.39, 0.29) is 38.4 Å². The number of benzene rings is 2. The fraction of sp³-hybridized carbons (Fsp3) is 0.0800. The van der Waals surface area contributed by atoms with Crippen LogP contribution < -0.4 is 15.4 Å². The topological polar surface area (TPSA) is 143 Å². The molecule has 2 amide bonds. The van der Waals surface area contributed by atoms with Crippen LogP contribution in [-0.4, -0.2) is 35.4 Å². The number of sulfonamides is 1. The van der Waals surface area contributed by atoms with Gasteiger partial charge in [-0.1, -0.05) is 23.7 Å². The van der Waals surface area contributed by atoms with Crippen molar-refractivity contribution >= 4 is 95.2 Å². The van der Waals surface area contributed by atoms with E-state index >= 15 is 0 Å². The number of amidine groups is 1. The van der Waals surface area contributed by atoms with Crippen molar-refractivity contribution in [2.75, 3.05) is 10.0 Å². The number of carbonyl (C=O) groups is 2. The van der Waals surface area contributed by atoms with Crippen molar-refractivity contribution in [3.05, 3.63) is 75.1 Å². The van der Waals surface area contributed by atoms with E-state index in [1.807, 2.05) is 30.3 Å². The highest BCUT2D eigenvalue weighted by Crippen LogP contribution is 2.34. The molecule has 2 aromatic carbocycles. The van der Waals surface area contributed by atoms with Gasteiger partial charge in [0, 0.05) is 23.4 Å². The second-order valence-corrected chi connectivity index (χ2v) is 12.5. The van der Waals surface area contributed by atoms with Gasteiger partial charge in [-0.15, -0.1) is 11.3 Å². The number of nitrogens with zero attached hydrogens (tertiary/aromatic N) is 3. The Balaban J connectivity index is 1.37. The monoisotopic (exact) mass is 598 g/mol. The number of hydrogen-bond donors (Lipinski definition) is 3. The number of thioether (sulfide) groups is 1. The lowest BCUT2D eigenvalue weighted by molar-refractivity contribution is -0.115. The summed E-state index contributed by atoms with van der Waals surface area (Å²) in [5.74, 6) is -0.668. The summed E-state index contributed by atoms with van der Waals surface area (Å²) in [6.45, 7) is 2.90. The summed E-state index contributed by atoms with van der Waals surface area (Å²) in [4.78, 5) is 37.5. The fourth-order valence-electron chi connectivity index (χ4n) is 3.63. The molecular weight excluding hydrogens is 580 g/mol. The maximum atomic E-state index is 13.0. The van der Waals surface area contributed by atoms with Gasteiger partial charge in [0.05, 0.1) is 26.8 Å². The normalized spacial score (nSPS) is 15.6. The van der Waals surface area contributed by atoms with E-state index in [1.165, 1.54) is 25.1 Å². The number of amides is 2. The number of rotatable bonds is 6. The summed E-state index contributed by atoms with van der Waals surface area (Å²) < 4.78 is 28.4. The molecule has 0 atom stereocenters. The van der Waals surface area contributed by atoms with Gasteiger partial charge in [0.2, 0.25) is 5.91 Å². The van der Waals surface area contributed by atoms with E-state index in [4.69, 9.17) is 11.6 Å². The van der Waals surface area contributed by atoms with E-state index in [0.29, 0.717) is 14.9 Å². The van der Waals surface area contributed by atoms with Crippen molar-refractivity contribution in [2.45, 2.75) is 18.9 Å². The Morgan fingerprint density at radius 2 is 2.00 bits per heavy atom. The van der Waals surface area contributed by atoms with Crippen LogP contribution in [0.2, 0.25) is 5.02 Å². The molecule has 4 aromatic rings. The molecule has 3 heterocycles. The highest BCUT2D eigenvalue weighted by atomic mass is 35.5. The van der Waals surface area contributed by atoms with E-state index in [2.05, 4.69) is 30.3 Å². The molecule has 0 radical (unpaired) electrons. The van der Waals surface area contributed by atoms with Gasteiger partial charge in [0.15, 0.2) is 15.3 Å². The first-order valence-electron chi connectivity index (χ1n) is 11.3. The van der Waals surface area contributed by atoms with Gasteiger partial charge in [-0.3, -0.25) is 19.3 Å². The number of halogens is 1. The Labute approximate surface area is 236 Å². The molecule has 14 heteroatoms. The number of anilines is 2. The van der Waals surface area contributed by atoms with Crippen LogP contribution in [0.5, 0.6) is 0 Å². The number of thiazole rings is 1. The Hall–Kier alpha value is -3.78. The number of carbonyl (C=O) groups excluding carboxylic acids is 2. The molecule has 1 fully saturated rings. The maximum Gasteiger partial charge on any atom is 0.280 e. The minimum atomic E-state index is -4.07. The van der Waals surface area contributed by atoms with Gasteiger partial charge >= 0.3 is 0 Å². The molecule has 0 bridgehead atoms. The Kier molecular flexibility index (Phi) is 7.40. The highest BCUT2D eigenvalue weighted by Gasteiger charge is 2.25. The maximum absolute atomic E-state index is 13.0. The molecule has 5 rings (SSSR count). The molecule has 0 aliphatic carbocycles. The fourth-order valence-corrected chi connectivity index (χ4v) is 7.01. The van der Waals surface area contributed by atoms with Crippen molar-refractivity contribution in [1.82, 2.24) is 15.3 Å². The predicted molar refractivity (Wildman–Crippen MR) is 156 cm³/mol. The Morgan fingerprint density at radius 3 is 2.79 bits per heavy atom. The molecule has 0 saturated carbocycles. The van der Waals surface area contributed by atoms with Crippen LogP contribution in [0.4, 0.5) is 16.5 Å². The molecular formula is C25H19ClN6O4S3. The summed E-state index contributed by atoms with van der Waals surface area (Å²) in [6, 6.07) is 13.9. The first kappa shape index (κ1) is 26.8. The summed E-state index contributed by atoms with van der Waals surface area (Å²) in [6.07, 6.45) is 3.48. The molecule has 39 heavy (non-hydrogen) atoms. The predicted octanol–water partition coefficient (Wildman–Crippen LogP) is 5.30. The molecule has 1 aliphatic rings. The number of hydrogen-bond acceptors (Lipinski definition) is 9. The average Bonchev–Trinajstić information content (AvgIpc) is 3.42. The van der Waals surface area contributed by atoms with Crippen LogP contribution in [0.15, 0.2) is 69.7 Å². The minimum Gasteiger partial charge on any atom is -0.302 e. The molecule has 0 unspecified atom stereocenters. The van der Waals surface area contributed by atoms with Crippen molar-refractivity contribution < 1.29 is 18.0 Å². The van der Waals surface area contributed by atoms with Crippen LogP contribution in [0.25, 0.3) is 17.0 Å². The smallest absolute Gasteiger partial charge is 0.280 e. The molecule has 3 N–H and O–H groups in total. The molecule has 10 nitrogen and oxygen atoms in total. The lowest BCUT2D eigenvalue weighted by atomic mass is 10.1. The third kappa shape index (κ3) is 6.11. The molecule has 1 aliphatic heterocycles. The number of nitrogens with one attached hydrogen (secondary N) is 3. The second-order valence-electron chi connectivity index (χ2n) is 8.27. The minimum absolute atomic E-state index is 0.182. The van der Waals surface area contributed by atoms with Crippen LogP contribution in [-0.2, 0) is 19.6 Å². The van der Waals surface area contributed by atoms with Crippen LogP contribution >= 0.6 is 34.7 Å². The van der Waals surface area contributed by atoms with Crippen molar-refractivity contribution in [2.24, 2.45) is 4.99 Å². The van der Waals surface area contributed by atoms with E-state index in [9.17, 15) is 18.0 Å². The standard InChI is InChI=1S/C25H19ClN6O4S3/c1-13-23(31-24(37-13)28-14(2)33)39(35,36)32-17-6-7-18(26)20(12-17)29-25-30-22(34)21(38-25)11-15-5-8-19-16(10-15)4-3-9-27-19/h3-12,32H,1-2H3,(H,28,31,33)(H,29,30,34). The zero-order chi connectivity index (χ0) is 27.7. The largest absolute Gasteiger partial charge is 0.302 e. The van der Waals surface area contributed by atoms with Gasteiger partial charge in [-0.05, 0) is 66.7 Å². The van der Waals surface area contributed by atoms with Gasteiger partial charge < -0.3 is 10.6 Å².